The first-order valence-corrected chi connectivity index (χ1v) is 7.68. The number of rotatable bonds is 4. The van der Waals surface area contributed by atoms with Gasteiger partial charge in [-0.3, -0.25) is 0 Å². The fourth-order valence-corrected chi connectivity index (χ4v) is 3.06. The van der Waals surface area contributed by atoms with Gasteiger partial charge in [-0.05, 0) is 28.7 Å². The van der Waals surface area contributed by atoms with Crippen molar-refractivity contribution in [2.45, 2.75) is 6.54 Å². The molecule has 0 aliphatic heterocycles. The summed E-state index contributed by atoms with van der Waals surface area (Å²) in [7, 11) is 0. The van der Waals surface area contributed by atoms with E-state index in [1.54, 1.807) is 0 Å². The molecule has 0 saturated heterocycles. The van der Waals surface area contributed by atoms with Crippen LogP contribution in [-0.2, 0) is 6.54 Å². The smallest absolute Gasteiger partial charge is 0.147 e. The molecule has 5 heteroatoms. The van der Waals surface area contributed by atoms with Gasteiger partial charge in [-0.1, -0.05) is 60.1 Å². The SMILES string of the molecule is Nc1nsc(NCc2ccccc2Cl)c1-c1ccccc1. The predicted octanol–water partition coefficient (Wildman–Crippen LogP) is 4.66. The van der Waals surface area contributed by atoms with E-state index >= 15 is 0 Å². The molecule has 1 aromatic heterocycles. The summed E-state index contributed by atoms with van der Waals surface area (Å²) >= 11 is 7.54. The van der Waals surface area contributed by atoms with Crippen molar-refractivity contribution in [1.29, 1.82) is 0 Å². The Kier molecular flexibility index (Phi) is 4.08. The van der Waals surface area contributed by atoms with Crippen molar-refractivity contribution in [3.63, 3.8) is 0 Å². The van der Waals surface area contributed by atoms with E-state index in [-0.39, 0.29) is 0 Å². The number of nitrogens with one attached hydrogen (secondary N) is 1. The topological polar surface area (TPSA) is 50.9 Å². The molecule has 0 bridgehead atoms. The number of nitrogens with two attached hydrogens (primary N) is 1. The summed E-state index contributed by atoms with van der Waals surface area (Å²) in [5, 5.41) is 5.09. The van der Waals surface area contributed by atoms with E-state index in [9.17, 15) is 0 Å². The number of nitrogens with zero attached hydrogens (tertiary/aromatic N) is 1. The van der Waals surface area contributed by atoms with Gasteiger partial charge >= 0.3 is 0 Å². The first kappa shape index (κ1) is 13.9. The van der Waals surface area contributed by atoms with Gasteiger partial charge in [0.2, 0.25) is 0 Å². The number of nitrogen functional groups attached to an aromatic ring is 1. The van der Waals surface area contributed by atoms with E-state index in [0.29, 0.717) is 12.4 Å². The van der Waals surface area contributed by atoms with Crippen molar-refractivity contribution in [3.05, 3.63) is 65.2 Å². The number of hydrogen-bond donors (Lipinski definition) is 2. The molecule has 0 radical (unpaired) electrons. The number of anilines is 2. The van der Waals surface area contributed by atoms with Gasteiger partial charge in [-0.25, -0.2) is 0 Å². The molecule has 3 aromatic rings. The van der Waals surface area contributed by atoms with Crippen LogP contribution in [0.2, 0.25) is 5.02 Å². The van der Waals surface area contributed by atoms with Crippen LogP contribution in [0.3, 0.4) is 0 Å². The molecule has 0 fully saturated rings. The Hall–Kier alpha value is -2.04. The highest BCUT2D eigenvalue weighted by molar-refractivity contribution is 7.11. The van der Waals surface area contributed by atoms with Crippen molar-refractivity contribution in [2.75, 3.05) is 11.1 Å². The molecule has 1 heterocycles. The minimum Gasteiger partial charge on any atom is -0.382 e. The van der Waals surface area contributed by atoms with Crippen LogP contribution in [0.25, 0.3) is 11.1 Å². The van der Waals surface area contributed by atoms with Gasteiger partial charge in [0.25, 0.3) is 0 Å². The standard InChI is InChI=1S/C16H14ClN3S/c17-13-9-5-4-8-12(13)10-19-16-14(15(18)20-21-16)11-6-2-1-3-7-11/h1-9,19H,10H2,(H2,18,20). The number of benzene rings is 2. The molecule has 0 amide bonds. The number of halogens is 1. The molecule has 0 atom stereocenters. The van der Waals surface area contributed by atoms with E-state index in [1.807, 2.05) is 54.6 Å². The summed E-state index contributed by atoms with van der Waals surface area (Å²) < 4.78 is 4.25. The molecule has 106 valence electrons. The maximum atomic E-state index is 6.18. The van der Waals surface area contributed by atoms with E-state index in [4.69, 9.17) is 17.3 Å². The second-order valence-corrected chi connectivity index (χ2v) is 5.76. The van der Waals surface area contributed by atoms with Crippen molar-refractivity contribution in [1.82, 2.24) is 4.37 Å². The average molecular weight is 316 g/mol. The fourth-order valence-electron chi connectivity index (χ4n) is 2.12. The second kappa shape index (κ2) is 6.16. The van der Waals surface area contributed by atoms with E-state index in [1.165, 1.54) is 11.5 Å². The lowest BCUT2D eigenvalue weighted by Crippen LogP contribution is -2.00. The molecule has 0 aliphatic rings. The summed E-state index contributed by atoms with van der Waals surface area (Å²) in [4.78, 5) is 0. The highest BCUT2D eigenvalue weighted by Gasteiger charge is 2.13. The zero-order valence-electron chi connectivity index (χ0n) is 11.2. The summed E-state index contributed by atoms with van der Waals surface area (Å²) in [5.74, 6) is 0.549. The quantitative estimate of drug-likeness (QED) is 0.736. The van der Waals surface area contributed by atoms with Crippen molar-refractivity contribution >= 4 is 34.0 Å². The number of aromatic nitrogens is 1. The third-order valence-corrected chi connectivity index (χ3v) is 4.37. The Balaban J connectivity index is 1.86. The van der Waals surface area contributed by atoms with Gasteiger partial charge in [-0.15, -0.1) is 0 Å². The molecular formula is C16H14ClN3S. The Bertz CT molecular complexity index is 740. The molecular weight excluding hydrogens is 302 g/mol. The highest BCUT2D eigenvalue weighted by atomic mass is 35.5. The number of hydrogen-bond acceptors (Lipinski definition) is 4. The van der Waals surface area contributed by atoms with Crippen LogP contribution in [-0.4, -0.2) is 4.37 Å². The van der Waals surface area contributed by atoms with Gasteiger partial charge in [-0.2, -0.15) is 4.37 Å². The van der Waals surface area contributed by atoms with Crippen molar-refractivity contribution in [3.8, 4) is 11.1 Å². The first-order chi connectivity index (χ1) is 10.3. The van der Waals surface area contributed by atoms with Gasteiger partial charge in [0.15, 0.2) is 0 Å². The Morgan fingerprint density at radius 2 is 1.76 bits per heavy atom. The zero-order valence-corrected chi connectivity index (χ0v) is 12.8. The lowest BCUT2D eigenvalue weighted by molar-refractivity contribution is 1.16. The Morgan fingerprint density at radius 1 is 1.05 bits per heavy atom. The molecule has 3 N–H and O–H groups in total. The van der Waals surface area contributed by atoms with Crippen molar-refractivity contribution in [2.24, 2.45) is 0 Å². The Morgan fingerprint density at radius 3 is 2.52 bits per heavy atom. The molecule has 3 nitrogen and oxygen atoms in total. The predicted molar refractivity (Wildman–Crippen MR) is 90.7 cm³/mol. The summed E-state index contributed by atoms with van der Waals surface area (Å²) in [6.07, 6.45) is 0. The third kappa shape index (κ3) is 3.01. The minimum atomic E-state index is 0.549. The average Bonchev–Trinajstić information content (AvgIpc) is 2.88. The summed E-state index contributed by atoms with van der Waals surface area (Å²) in [6.45, 7) is 0.640. The Labute approximate surface area is 132 Å². The normalized spacial score (nSPS) is 10.5. The zero-order chi connectivity index (χ0) is 14.7. The molecule has 2 aromatic carbocycles. The first-order valence-electron chi connectivity index (χ1n) is 6.53. The lowest BCUT2D eigenvalue weighted by Gasteiger charge is -2.08. The van der Waals surface area contributed by atoms with Gasteiger partial charge in [0.05, 0.1) is 5.56 Å². The van der Waals surface area contributed by atoms with Crippen LogP contribution >= 0.6 is 23.1 Å². The molecule has 0 unspecified atom stereocenters. The van der Waals surface area contributed by atoms with Crippen molar-refractivity contribution < 1.29 is 0 Å². The third-order valence-electron chi connectivity index (χ3n) is 3.18. The summed E-state index contributed by atoms with van der Waals surface area (Å²) in [5.41, 5.74) is 9.06. The van der Waals surface area contributed by atoms with E-state index < -0.39 is 0 Å². The molecule has 0 spiro atoms. The molecule has 3 rings (SSSR count). The van der Waals surface area contributed by atoms with Crippen LogP contribution in [0.5, 0.6) is 0 Å². The minimum absolute atomic E-state index is 0.549. The lowest BCUT2D eigenvalue weighted by atomic mass is 10.1. The molecule has 0 aliphatic carbocycles. The maximum Gasteiger partial charge on any atom is 0.147 e. The second-order valence-electron chi connectivity index (χ2n) is 4.58. The van der Waals surface area contributed by atoms with Crippen LogP contribution < -0.4 is 11.1 Å². The monoisotopic (exact) mass is 315 g/mol. The van der Waals surface area contributed by atoms with Crippen LogP contribution in [0.1, 0.15) is 5.56 Å². The van der Waals surface area contributed by atoms with Gasteiger partial charge in [0, 0.05) is 11.6 Å². The largest absolute Gasteiger partial charge is 0.382 e. The van der Waals surface area contributed by atoms with Crippen LogP contribution in [0.4, 0.5) is 10.8 Å². The molecule has 21 heavy (non-hydrogen) atoms. The van der Waals surface area contributed by atoms with E-state index in [0.717, 1.165) is 26.7 Å². The van der Waals surface area contributed by atoms with Gasteiger partial charge < -0.3 is 11.1 Å². The van der Waals surface area contributed by atoms with Gasteiger partial charge in [0.1, 0.15) is 10.8 Å². The summed E-state index contributed by atoms with van der Waals surface area (Å²) in [6, 6.07) is 17.8. The fraction of sp³-hybridized carbons (Fsp3) is 0.0625. The van der Waals surface area contributed by atoms with Crippen LogP contribution in [0, 0.1) is 0 Å². The van der Waals surface area contributed by atoms with Crippen LogP contribution in [0.15, 0.2) is 54.6 Å². The maximum absolute atomic E-state index is 6.18. The molecule has 0 saturated carbocycles. The van der Waals surface area contributed by atoms with E-state index in [2.05, 4.69) is 9.69 Å². The highest BCUT2D eigenvalue weighted by Crippen LogP contribution is 2.37.